The molecule has 1 aliphatic carbocycles. The first-order valence-electron chi connectivity index (χ1n) is 11.7. The minimum Gasteiger partial charge on any atom is -0.483 e. The first-order valence-corrected chi connectivity index (χ1v) is 13.2. The Balaban J connectivity index is 1.68. The van der Waals surface area contributed by atoms with Crippen molar-refractivity contribution in [2.75, 3.05) is 31.1 Å². The summed E-state index contributed by atoms with van der Waals surface area (Å²) in [6, 6.07) is 4.43. The third kappa shape index (κ3) is 5.32. The number of aromatic nitrogens is 2. The molecule has 0 spiro atoms. The fourth-order valence-corrected chi connectivity index (χ4v) is 5.69. The van der Waals surface area contributed by atoms with E-state index >= 15 is 0 Å². The maximum absolute atomic E-state index is 13.5. The van der Waals surface area contributed by atoms with Crippen molar-refractivity contribution >= 4 is 15.7 Å². The van der Waals surface area contributed by atoms with Gasteiger partial charge in [-0.1, -0.05) is 6.07 Å². The Labute approximate surface area is 202 Å². The van der Waals surface area contributed by atoms with Gasteiger partial charge in [0.05, 0.1) is 28.8 Å². The second-order valence-corrected chi connectivity index (χ2v) is 11.6. The van der Waals surface area contributed by atoms with Gasteiger partial charge in [0, 0.05) is 26.2 Å². The van der Waals surface area contributed by atoms with Gasteiger partial charge < -0.3 is 9.64 Å². The maximum Gasteiger partial charge on any atom is 0.416 e. The van der Waals surface area contributed by atoms with Crippen LogP contribution < -0.4 is 15.2 Å². The SMILES string of the molecule is CC(C)S(=O)(=O)N1CCN(c2cnn(-c3cccc(C(F)(F)F)c3)c(=O)c2OC2CCCC2)CC1. The molecule has 0 amide bonds. The Morgan fingerprint density at radius 3 is 2.34 bits per heavy atom. The molecule has 1 aliphatic heterocycles. The number of benzene rings is 1. The van der Waals surface area contributed by atoms with Crippen LogP contribution in [0.4, 0.5) is 18.9 Å². The molecule has 2 aliphatic rings. The zero-order valence-electron chi connectivity index (χ0n) is 19.7. The van der Waals surface area contributed by atoms with E-state index in [4.69, 9.17) is 4.74 Å². The minimum atomic E-state index is -4.56. The predicted octanol–water partition coefficient (Wildman–Crippen LogP) is 3.43. The summed E-state index contributed by atoms with van der Waals surface area (Å²) in [7, 11) is -3.40. The van der Waals surface area contributed by atoms with E-state index < -0.39 is 32.6 Å². The van der Waals surface area contributed by atoms with Gasteiger partial charge in [-0.2, -0.15) is 27.3 Å². The summed E-state index contributed by atoms with van der Waals surface area (Å²) in [6.45, 7) is 4.43. The highest BCUT2D eigenvalue weighted by Gasteiger charge is 2.33. The summed E-state index contributed by atoms with van der Waals surface area (Å²) >= 11 is 0. The van der Waals surface area contributed by atoms with Gasteiger partial charge in [-0.15, -0.1) is 0 Å². The van der Waals surface area contributed by atoms with Gasteiger partial charge in [-0.3, -0.25) is 4.79 Å². The number of nitrogens with zero attached hydrogens (tertiary/aromatic N) is 4. The first kappa shape index (κ1) is 25.5. The highest BCUT2D eigenvalue weighted by molar-refractivity contribution is 7.89. The van der Waals surface area contributed by atoms with Crippen LogP contribution in [0.2, 0.25) is 0 Å². The van der Waals surface area contributed by atoms with E-state index in [-0.39, 0.29) is 30.6 Å². The molecule has 1 saturated carbocycles. The molecule has 8 nitrogen and oxygen atoms in total. The van der Waals surface area contributed by atoms with E-state index in [0.29, 0.717) is 18.8 Å². The third-order valence-corrected chi connectivity index (χ3v) is 8.73. The van der Waals surface area contributed by atoms with Crippen molar-refractivity contribution in [2.24, 2.45) is 0 Å². The summed E-state index contributed by atoms with van der Waals surface area (Å²) in [5, 5.41) is 3.63. The van der Waals surface area contributed by atoms with Crippen LogP contribution in [0.1, 0.15) is 45.1 Å². The quantitative estimate of drug-likeness (QED) is 0.587. The molecule has 35 heavy (non-hydrogen) atoms. The van der Waals surface area contributed by atoms with Gasteiger partial charge in [-0.05, 0) is 57.7 Å². The average Bonchev–Trinajstić information content (AvgIpc) is 3.33. The summed E-state index contributed by atoms with van der Waals surface area (Å²) < 4.78 is 73.2. The number of alkyl halides is 3. The zero-order chi connectivity index (χ0) is 25.4. The summed E-state index contributed by atoms with van der Waals surface area (Å²) in [4.78, 5) is 15.3. The Hall–Kier alpha value is -2.60. The van der Waals surface area contributed by atoms with E-state index in [0.717, 1.165) is 42.5 Å². The molecule has 0 bridgehead atoms. The molecule has 12 heteroatoms. The molecule has 1 aromatic carbocycles. The molecule has 192 valence electrons. The number of piperazine rings is 1. The molecule has 0 radical (unpaired) electrons. The number of sulfonamides is 1. The van der Waals surface area contributed by atoms with Crippen LogP contribution in [0.25, 0.3) is 5.69 Å². The van der Waals surface area contributed by atoms with Crippen LogP contribution in [0.3, 0.4) is 0 Å². The van der Waals surface area contributed by atoms with E-state index in [1.54, 1.807) is 13.8 Å². The lowest BCUT2D eigenvalue weighted by Gasteiger charge is -2.36. The molecular weight excluding hydrogens is 485 g/mol. The molecule has 2 fully saturated rings. The highest BCUT2D eigenvalue weighted by Crippen LogP contribution is 2.32. The largest absolute Gasteiger partial charge is 0.483 e. The van der Waals surface area contributed by atoms with Crippen molar-refractivity contribution in [3.63, 3.8) is 0 Å². The molecule has 4 rings (SSSR count). The molecular formula is C23H29F3N4O4S. The number of rotatable bonds is 6. The first-order chi connectivity index (χ1) is 16.5. The molecule has 0 unspecified atom stereocenters. The van der Waals surface area contributed by atoms with Crippen LogP contribution >= 0.6 is 0 Å². The second-order valence-electron chi connectivity index (χ2n) is 9.13. The summed E-state index contributed by atoms with van der Waals surface area (Å²) in [5.41, 5.74) is -1.12. The average molecular weight is 515 g/mol. The van der Waals surface area contributed by atoms with Crippen LogP contribution in [-0.4, -0.2) is 60.0 Å². The Morgan fingerprint density at radius 1 is 1.09 bits per heavy atom. The van der Waals surface area contributed by atoms with Gasteiger partial charge in [-0.25, -0.2) is 8.42 Å². The van der Waals surface area contributed by atoms with Crippen molar-refractivity contribution < 1.29 is 26.3 Å². The van der Waals surface area contributed by atoms with E-state index in [9.17, 15) is 26.4 Å². The van der Waals surface area contributed by atoms with Crippen LogP contribution in [0, 0.1) is 0 Å². The number of ether oxygens (including phenoxy) is 1. The Kier molecular flexibility index (Phi) is 7.14. The van der Waals surface area contributed by atoms with Crippen LogP contribution in [0.5, 0.6) is 5.75 Å². The van der Waals surface area contributed by atoms with E-state index in [2.05, 4.69) is 5.10 Å². The topological polar surface area (TPSA) is 84.7 Å². The summed E-state index contributed by atoms with van der Waals surface area (Å²) in [5.74, 6) is 0.0319. The van der Waals surface area contributed by atoms with Crippen molar-refractivity contribution in [1.82, 2.24) is 14.1 Å². The number of hydrogen-bond acceptors (Lipinski definition) is 6. The van der Waals surface area contributed by atoms with Crippen molar-refractivity contribution in [2.45, 2.75) is 57.1 Å². The van der Waals surface area contributed by atoms with Gasteiger partial charge >= 0.3 is 11.7 Å². The van der Waals surface area contributed by atoms with Crippen molar-refractivity contribution in [3.8, 4) is 11.4 Å². The Bertz CT molecular complexity index is 1220. The number of anilines is 1. The molecule has 0 N–H and O–H groups in total. The van der Waals surface area contributed by atoms with E-state index in [1.807, 2.05) is 4.90 Å². The molecule has 1 saturated heterocycles. The maximum atomic E-state index is 13.5. The van der Waals surface area contributed by atoms with Crippen LogP contribution in [0.15, 0.2) is 35.3 Å². The third-order valence-electron chi connectivity index (χ3n) is 6.45. The molecule has 1 aromatic heterocycles. The van der Waals surface area contributed by atoms with Crippen molar-refractivity contribution in [1.29, 1.82) is 0 Å². The number of hydrogen-bond donors (Lipinski definition) is 0. The number of halogens is 3. The zero-order valence-corrected chi connectivity index (χ0v) is 20.5. The lowest BCUT2D eigenvalue weighted by molar-refractivity contribution is -0.137. The van der Waals surface area contributed by atoms with Gasteiger partial charge in [0.2, 0.25) is 15.8 Å². The molecule has 2 heterocycles. The summed E-state index contributed by atoms with van der Waals surface area (Å²) in [6.07, 6.45) is 0.201. The lowest BCUT2D eigenvalue weighted by Crippen LogP contribution is -2.50. The monoisotopic (exact) mass is 514 g/mol. The fraction of sp³-hybridized carbons (Fsp3) is 0.565. The lowest BCUT2D eigenvalue weighted by atomic mass is 10.2. The minimum absolute atomic E-state index is 0.0134. The predicted molar refractivity (Wildman–Crippen MR) is 126 cm³/mol. The molecule has 0 atom stereocenters. The fourth-order valence-electron chi connectivity index (χ4n) is 4.42. The smallest absolute Gasteiger partial charge is 0.416 e. The standard InChI is InChI=1S/C23H29F3N4O4S/c1-16(2)35(32,33)29-12-10-28(11-13-29)20-15-27-30(18-7-5-6-17(14-18)23(24,25)26)22(31)21(20)34-19-8-3-4-9-19/h5-7,14-16,19H,3-4,8-13H2,1-2H3. The Morgan fingerprint density at radius 2 is 1.74 bits per heavy atom. The normalized spacial score (nSPS) is 18.4. The van der Waals surface area contributed by atoms with E-state index in [1.165, 1.54) is 22.6 Å². The van der Waals surface area contributed by atoms with Gasteiger partial charge in [0.25, 0.3) is 0 Å². The molecule has 2 aromatic rings. The van der Waals surface area contributed by atoms with Crippen molar-refractivity contribution in [3.05, 3.63) is 46.4 Å². The van der Waals surface area contributed by atoms with Gasteiger partial charge in [0.15, 0.2) is 0 Å². The second kappa shape index (κ2) is 9.81. The van der Waals surface area contributed by atoms with Crippen LogP contribution in [-0.2, 0) is 16.2 Å². The highest BCUT2D eigenvalue weighted by atomic mass is 32.2. The van der Waals surface area contributed by atoms with Gasteiger partial charge in [0.1, 0.15) is 5.69 Å².